The number of halogens is 2. The van der Waals surface area contributed by atoms with Crippen molar-refractivity contribution in [1.82, 2.24) is 9.78 Å². The fourth-order valence-corrected chi connectivity index (χ4v) is 2.21. The van der Waals surface area contributed by atoms with Crippen LogP contribution < -0.4 is 5.73 Å². The van der Waals surface area contributed by atoms with Crippen LogP contribution in [0.25, 0.3) is 5.69 Å². The van der Waals surface area contributed by atoms with Gasteiger partial charge in [0.05, 0.1) is 22.1 Å². The van der Waals surface area contributed by atoms with Crippen LogP contribution in [-0.2, 0) is 6.42 Å². The van der Waals surface area contributed by atoms with Gasteiger partial charge in [-0.25, -0.2) is 9.07 Å². The first-order valence-electron chi connectivity index (χ1n) is 5.82. The molecule has 2 N–H and O–H groups in total. The quantitative estimate of drug-likeness (QED) is 0.943. The minimum atomic E-state index is -0.248. The lowest BCUT2D eigenvalue weighted by Gasteiger charge is -2.09. The molecule has 0 saturated carbocycles. The Balaban J connectivity index is 2.30. The highest BCUT2D eigenvalue weighted by Crippen LogP contribution is 2.21. The standard InChI is InChI=1S/C13H15BrFN3/c1-9(16)2-7-13-12(14)8-17-18(13)11-5-3-10(15)4-6-11/h3-6,8-9H,2,7,16H2,1H3/t9-/m0/s1. The Morgan fingerprint density at radius 1 is 1.39 bits per heavy atom. The van der Waals surface area contributed by atoms with Crippen molar-refractivity contribution in [2.45, 2.75) is 25.8 Å². The van der Waals surface area contributed by atoms with E-state index in [9.17, 15) is 4.39 Å². The Labute approximate surface area is 114 Å². The summed E-state index contributed by atoms with van der Waals surface area (Å²) in [6.45, 7) is 1.98. The van der Waals surface area contributed by atoms with Crippen molar-refractivity contribution in [2.24, 2.45) is 5.73 Å². The molecule has 0 aliphatic carbocycles. The van der Waals surface area contributed by atoms with Crippen molar-refractivity contribution < 1.29 is 4.39 Å². The summed E-state index contributed by atoms with van der Waals surface area (Å²) in [5.74, 6) is -0.248. The minimum Gasteiger partial charge on any atom is -0.328 e. The van der Waals surface area contributed by atoms with Gasteiger partial charge in [-0.05, 0) is 60.0 Å². The van der Waals surface area contributed by atoms with E-state index < -0.39 is 0 Å². The lowest BCUT2D eigenvalue weighted by molar-refractivity contribution is 0.625. The topological polar surface area (TPSA) is 43.8 Å². The van der Waals surface area contributed by atoms with Crippen molar-refractivity contribution in [1.29, 1.82) is 0 Å². The molecule has 0 fully saturated rings. The molecule has 1 aromatic heterocycles. The fraction of sp³-hybridized carbons (Fsp3) is 0.308. The molecule has 0 aliphatic rings. The largest absolute Gasteiger partial charge is 0.328 e. The number of hydrogen-bond donors (Lipinski definition) is 1. The third-order valence-corrected chi connectivity index (χ3v) is 3.39. The first-order valence-corrected chi connectivity index (χ1v) is 6.61. The molecular formula is C13H15BrFN3. The summed E-state index contributed by atoms with van der Waals surface area (Å²) in [7, 11) is 0. The Morgan fingerprint density at radius 2 is 2.06 bits per heavy atom. The van der Waals surface area contributed by atoms with Gasteiger partial charge < -0.3 is 5.73 Å². The summed E-state index contributed by atoms with van der Waals surface area (Å²) in [5.41, 5.74) is 7.68. The maximum Gasteiger partial charge on any atom is 0.123 e. The molecule has 2 aromatic rings. The average Bonchev–Trinajstić information content (AvgIpc) is 2.69. The predicted octanol–water partition coefficient (Wildman–Crippen LogP) is 3.05. The van der Waals surface area contributed by atoms with Crippen LogP contribution in [0.15, 0.2) is 34.9 Å². The maximum absolute atomic E-state index is 12.9. The molecule has 1 atom stereocenters. The van der Waals surface area contributed by atoms with Crippen molar-refractivity contribution >= 4 is 15.9 Å². The van der Waals surface area contributed by atoms with Crippen LogP contribution in [0.5, 0.6) is 0 Å². The molecule has 5 heteroatoms. The van der Waals surface area contributed by atoms with Gasteiger partial charge in [-0.3, -0.25) is 0 Å². The van der Waals surface area contributed by atoms with E-state index in [2.05, 4.69) is 21.0 Å². The summed E-state index contributed by atoms with van der Waals surface area (Å²) < 4.78 is 15.7. The smallest absolute Gasteiger partial charge is 0.123 e. The van der Waals surface area contributed by atoms with Crippen molar-refractivity contribution in [2.75, 3.05) is 0 Å². The lowest BCUT2D eigenvalue weighted by atomic mass is 10.1. The van der Waals surface area contributed by atoms with Gasteiger partial charge in [-0.15, -0.1) is 0 Å². The molecule has 18 heavy (non-hydrogen) atoms. The molecule has 96 valence electrons. The number of hydrogen-bond acceptors (Lipinski definition) is 2. The SMILES string of the molecule is C[C@H](N)CCc1c(Br)cnn1-c1ccc(F)cc1. The zero-order valence-corrected chi connectivity index (χ0v) is 11.7. The molecular weight excluding hydrogens is 297 g/mol. The van der Waals surface area contributed by atoms with E-state index in [1.807, 2.05) is 11.6 Å². The Hall–Kier alpha value is -1.20. The summed E-state index contributed by atoms with van der Waals surface area (Å²) in [6, 6.07) is 6.43. The lowest BCUT2D eigenvalue weighted by Crippen LogP contribution is -2.16. The number of nitrogens with two attached hydrogens (primary N) is 1. The normalized spacial score (nSPS) is 12.7. The third-order valence-electron chi connectivity index (χ3n) is 2.73. The zero-order chi connectivity index (χ0) is 13.1. The number of benzene rings is 1. The molecule has 0 radical (unpaired) electrons. The molecule has 2 rings (SSSR count). The highest BCUT2D eigenvalue weighted by Gasteiger charge is 2.11. The first-order chi connectivity index (χ1) is 8.58. The van der Waals surface area contributed by atoms with Gasteiger partial charge in [0.2, 0.25) is 0 Å². The second-order valence-corrected chi connectivity index (χ2v) is 5.20. The van der Waals surface area contributed by atoms with Gasteiger partial charge in [-0.2, -0.15) is 5.10 Å². The Bertz CT molecular complexity index is 520. The molecule has 1 aromatic carbocycles. The highest BCUT2D eigenvalue weighted by molar-refractivity contribution is 9.10. The van der Waals surface area contributed by atoms with Crippen molar-refractivity contribution in [3.8, 4) is 5.69 Å². The molecule has 0 saturated heterocycles. The van der Waals surface area contributed by atoms with E-state index in [1.54, 1.807) is 18.3 Å². The van der Waals surface area contributed by atoms with E-state index in [4.69, 9.17) is 5.73 Å². The zero-order valence-electron chi connectivity index (χ0n) is 10.1. The molecule has 0 bridgehead atoms. The second-order valence-electron chi connectivity index (χ2n) is 4.34. The number of rotatable bonds is 4. The Morgan fingerprint density at radius 3 is 2.67 bits per heavy atom. The van der Waals surface area contributed by atoms with Gasteiger partial charge in [0.15, 0.2) is 0 Å². The molecule has 0 spiro atoms. The molecule has 1 heterocycles. The maximum atomic E-state index is 12.9. The highest BCUT2D eigenvalue weighted by atomic mass is 79.9. The summed E-state index contributed by atoms with van der Waals surface area (Å²) in [5, 5.41) is 4.30. The van der Waals surface area contributed by atoms with Crippen LogP contribution in [0.4, 0.5) is 4.39 Å². The summed E-state index contributed by atoms with van der Waals surface area (Å²) in [6.07, 6.45) is 3.46. The van der Waals surface area contributed by atoms with Crippen LogP contribution in [0.2, 0.25) is 0 Å². The van der Waals surface area contributed by atoms with Gasteiger partial charge >= 0.3 is 0 Å². The second kappa shape index (κ2) is 5.63. The predicted molar refractivity (Wildman–Crippen MR) is 73.2 cm³/mol. The third kappa shape index (κ3) is 2.97. The van der Waals surface area contributed by atoms with E-state index >= 15 is 0 Å². The summed E-state index contributed by atoms with van der Waals surface area (Å²) in [4.78, 5) is 0. The van der Waals surface area contributed by atoms with Crippen molar-refractivity contribution in [3.63, 3.8) is 0 Å². The number of nitrogens with zero attached hydrogens (tertiary/aromatic N) is 2. The van der Waals surface area contributed by atoms with E-state index in [1.165, 1.54) is 12.1 Å². The van der Waals surface area contributed by atoms with Crippen LogP contribution in [0, 0.1) is 5.82 Å². The minimum absolute atomic E-state index is 0.147. The number of aromatic nitrogens is 2. The molecule has 0 amide bonds. The van der Waals surface area contributed by atoms with Gasteiger partial charge in [0.1, 0.15) is 5.82 Å². The van der Waals surface area contributed by atoms with Crippen LogP contribution >= 0.6 is 15.9 Å². The van der Waals surface area contributed by atoms with E-state index in [-0.39, 0.29) is 11.9 Å². The molecule has 0 unspecified atom stereocenters. The van der Waals surface area contributed by atoms with E-state index in [0.29, 0.717) is 0 Å². The molecule has 0 aliphatic heterocycles. The Kier molecular flexibility index (Phi) is 4.14. The van der Waals surface area contributed by atoms with Gasteiger partial charge in [-0.1, -0.05) is 0 Å². The first kappa shape index (κ1) is 13.2. The summed E-state index contributed by atoms with van der Waals surface area (Å²) >= 11 is 3.48. The van der Waals surface area contributed by atoms with Gasteiger partial charge in [0.25, 0.3) is 0 Å². The monoisotopic (exact) mass is 311 g/mol. The van der Waals surface area contributed by atoms with E-state index in [0.717, 1.165) is 28.7 Å². The van der Waals surface area contributed by atoms with Gasteiger partial charge in [0, 0.05) is 6.04 Å². The fourth-order valence-electron chi connectivity index (χ4n) is 1.75. The average molecular weight is 312 g/mol. The van der Waals surface area contributed by atoms with Crippen LogP contribution in [0.1, 0.15) is 19.0 Å². The molecule has 3 nitrogen and oxygen atoms in total. The van der Waals surface area contributed by atoms with Crippen LogP contribution in [-0.4, -0.2) is 15.8 Å². The van der Waals surface area contributed by atoms with Crippen LogP contribution in [0.3, 0.4) is 0 Å². The van der Waals surface area contributed by atoms with Crippen molar-refractivity contribution in [3.05, 3.63) is 46.4 Å².